The molecular weight excluding hydrogens is 262 g/mol. The second kappa shape index (κ2) is 6.02. The molecule has 0 bridgehead atoms. The highest BCUT2D eigenvalue weighted by Crippen LogP contribution is 2.22. The molecule has 0 saturated heterocycles. The third kappa shape index (κ3) is 3.45. The van der Waals surface area contributed by atoms with Gasteiger partial charge in [0.25, 0.3) is 0 Å². The van der Waals surface area contributed by atoms with Gasteiger partial charge in [0.1, 0.15) is 5.75 Å². The molecule has 0 aliphatic rings. The Morgan fingerprint density at radius 2 is 1.75 bits per heavy atom. The number of hydrogen-bond acceptors (Lipinski definition) is 3. The van der Waals surface area contributed by atoms with Crippen molar-refractivity contribution < 1.29 is 13.5 Å². The first-order valence-corrected chi connectivity index (χ1v) is 5.91. The largest absolute Gasteiger partial charge is 0.435 e. The third-order valence-corrected chi connectivity index (χ3v) is 2.72. The van der Waals surface area contributed by atoms with E-state index in [1.807, 2.05) is 13.0 Å². The van der Waals surface area contributed by atoms with Crippen molar-refractivity contribution in [2.75, 3.05) is 5.32 Å². The minimum absolute atomic E-state index is 0.113. The second-order valence-electron chi connectivity index (χ2n) is 4.17. The quantitative estimate of drug-likeness (QED) is 0.908. The highest BCUT2D eigenvalue weighted by atomic mass is 19.3. The van der Waals surface area contributed by atoms with Crippen molar-refractivity contribution >= 4 is 11.4 Å². The zero-order valence-electron chi connectivity index (χ0n) is 10.7. The van der Waals surface area contributed by atoms with Crippen molar-refractivity contribution in [3.05, 3.63) is 53.6 Å². The summed E-state index contributed by atoms with van der Waals surface area (Å²) in [5.41, 5.74) is 3.06. The number of rotatable bonds is 4. The van der Waals surface area contributed by atoms with Gasteiger partial charge in [-0.05, 0) is 55.0 Å². The van der Waals surface area contributed by atoms with E-state index in [1.54, 1.807) is 24.3 Å². The van der Waals surface area contributed by atoms with Gasteiger partial charge in [0.2, 0.25) is 0 Å². The average molecular weight is 274 g/mol. The molecule has 0 aliphatic heterocycles. The van der Waals surface area contributed by atoms with Crippen LogP contribution in [0.1, 0.15) is 11.1 Å². The summed E-state index contributed by atoms with van der Waals surface area (Å²) in [6.07, 6.45) is 0. The smallest absolute Gasteiger partial charge is 0.387 e. The van der Waals surface area contributed by atoms with Gasteiger partial charge < -0.3 is 10.1 Å². The van der Waals surface area contributed by atoms with E-state index in [9.17, 15) is 8.78 Å². The Morgan fingerprint density at radius 1 is 1.10 bits per heavy atom. The Balaban J connectivity index is 2.10. The minimum atomic E-state index is -2.82. The molecule has 0 atom stereocenters. The van der Waals surface area contributed by atoms with E-state index in [-0.39, 0.29) is 5.75 Å². The highest BCUT2D eigenvalue weighted by molar-refractivity contribution is 5.62. The van der Waals surface area contributed by atoms with Crippen molar-refractivity contribution in [2.45, 2.75) is 13.5 Å². The van der Waals surface area contributed by atoms with Gasteiger partial charge in [-0.25, -0.2) is 0 Å². The Labute approximate surface area is 115 Å². The monoisotopic (exact) mass is 274 g/mol. The molecule has 5 heteroatoms. The first-order chi connectivity index (χ1) is 9.58. The minimum Gasteiger partial charge on any atom is -0.435 e. The summed E-state index contributed by atoms with van der Waals surface area (Å²) < 4.78 is 28.3. The van der Waals surface area contributed by atoms with Crippen LogP contribution in [0.5, 0.6) is 5.75 Å². The van der Waals surface area contributed by atoms with Crippen LogP contribution in [-0.2, 0) is 0 Å². The molecule has 3 nitrogen and oxygen atoms in total. The van der Waals surface area contributed by atoms with Crippen LogP contribution in [0.3, 0.4) is 0 Å². The van der Waals surface area contributed by atoms with E-state index < -0.39 is 6.61 Å². The SMILES string of the molecule is Cc1cc(Nc2ccc(OC(F)F)cc2)ccc1C#N. The van der Waals surface area contributed by atoms with Crippen LogP contribution in [0, 0.1) is 18.3 Å². The lowest BCUT2D eigenvalue weighted by molar-refractivity contribution is -0.0498. The molecule has 0 aromatic heterocycles. The van der Waals surface area contributed by atoms with E-state index >= 15 is 0 Å². The van der Waals surface area contributed by atoms with Gasteiger partial charge in [0, 0.05) is 11.4 Å². The summed E-state index contributed by atoms with van der Waals surface area (Å²) in [6.45, 7) is -0.974. The fourth-order valence-electron chi connectivity index (χ4n) is 1.75. The summed E-state index contributed by atoms with van der Waals surface area (Å²) >= 11 is 0. The molecule has 0 saturated carbocycles. The lowest BCUT2D eigenvalue weighted by Gasteiger charge is -2.09. The first kappa shape index (κ1) is 13.8. The summed E-state index contributed by atoms with van der Waals surface area (Å²) in [6, 6.07) is 13.7. The number of benzene rings is 2. The lowest BCUT2D eigenvalue weighted by Crippen LogP contribution is -2.01. The van der Waals surface area contributed by atoms with Gasteiger partial charge >= 0.3 is 6.61 Å². The van der Waals surface area contributed by atoms with Gasteiger partial charge in [-0.2, -0.15) is 14.0 Å². The molecule has 0 amide bonds. The zero-order valence-corrected chi connectivity index (χ0v) is 10.7. The van der Waals surface area contributed by atoms with Gasteiger partial charge in [-0.1, -0.05) is 0 Å². The maximum atomic E-state index is 12.0. The number of nitrogens with one attached hydrogen (secondary N) is 1. The van der Waals surface area contributed by atoms with Gasteiger partial charge in [-0.15, -0.1) is 0 Å². The van der Waals surface area contributed by atoms with Gasteiger partial charge in [-0.3, -0.25) is 0 Å². The number of halogens is 2. The molecule has 1 N–H and O–H groups in total. The van der Waals surface area contributed by atoms with Gasteiger partial charge in [0.15, 0.2) is 0 Å². The lowest BCUT2D eigenvalue weighted by atomic mass is 10.1. The molecule has 2 aromatic carbocycles. The maximum absolute atomic E-state index is 12.0. The Hall–Kier alpha value is -2.61. The first-order valence-electron chi connectivity index (χ1n) is 5.91. The molecule has 0 fully saturated rings. The highest BCUT2D eigenvalue weighted by Gasteiger charge is 2.04. The van der Waals surface area contributed by atoms with E-state index in [0.717, 1.165) is 16.9 Å². The van der Waals surface area contributed by atoms with Crippen LogP contribution in [-0.4, -0.2) is 6.61 Å². The van der Waals surface area contributed by atoms with Crippen LogP contribution in [0.2, 0.25) is 0 Å². The Morgan fingerprint density at radius 3 is 2.30 bits per heavy atom. The standard InChI is InChI=1S/C15H12F2N2O/c1-10-8-13(3-2-11(10)9-18)19-12-4-6-14(7-5-12)20-15(16)17/h2-8,15,19H,1H3. The molecule has 20 heavy (non-hydrogen) atoms. The zero-order chi connectivity index (χ0) is 14.5. The van der Waals surface area contributed by atoms with E-state index in [4.69, 9.17) is 5.26 Å². The summed E-state index contributed by atoms with van der Waals surface area (Å²) in [7, 11) is 0. The van der Waals surface area contributed by atoms with Crippen molar-refractivity contribution in [1.29, 1.82) is 5.26 Å². The average Bonchev–Trinajstić information content (AvgIpc) is 2.41. The van der Waals surface area contributed by atoms with Crippen LogP contribution in [0.4, 0.5) is 20.2 Å². The summed E-state index contributed by atoms with van der Waals surface area (Å²) in [5.74, 6) is 0.113. The topological polar surface area (TPSA) is 45.0 Å². The number of hydrogen-bond donors (Lipinski definition) is 1. The molecule has 102 valence electrons. The number of ether oxygens (including phenoxy) is 1. The molecular formula is C15H12F2N2O. The number of nitrogens with zero attached hydrogens (tertiary/aromatic N) is 1. The van der Waals surface area contributed by atoms with E-state index in [1.165, 1.54) is 12.1 Å². The predicted molar refractivity (Wildman–Crippen MR) is 72.3 cm³/mol. The third-order valence-electron chi connectivity index (χ3n) is 2.72. The predicted octanol–water partition coefficient (Wildman–Crippen LogP) is 4.21. The van der Waals surface area contributed by atoms with Crippen molar-refractivity contribution in [3.63, 3.8) is 0 Å². The fourth-order valence-corrected chi connectivity index (χ4v) is 1.75. The summed E-state index contributed by atoms with van der Waals surface area (Å²) in [4.78, 5) is 0. The van der Waals surface area contributed by atoms with Crippen molar-refractivity contribution in [3.8, 4) is 11.8 Å². The van der Waals surface area contributed by atoms with E-state index in [2.05, 4.69) is 16.1 Å². The Bertz CT molecular complexity index is 633. The number of nitriles is 1. The molecule has 0 spiro atoms. The summed E-state index contributed by atoms with van der Waals surface area (Å²) in [5, 5.41) is 12.0. The number of anilines is 2. The van der Waals surface area contributed by atoms with Crippen LogP contribution >= 0.6 is 0 Å². The van der Waals surface area contributed by atoms with Crippen molar-refractivity contribution in [2.24, 2.45) is 0 Å². The molecule has 0 radical (unpaired) electrons. The molecule has 2 rings (SSSR count). The maximum Gasteiger partial charge on any atom is 0.387 e. The molecule has 2 aromatic rings. The van der Waals surface area contributed by atoms with Crippen LogP contribution in [0.15, 0.2) is 42.5 Å². The molecule has 0 heterocycles. The van der Waals surface area contributed by atoms with Crippen LogP contribution < -0.4 is 10.1 Å². The van der Waals surface area contributed by atoms with Crippen LogP contribution in [0.25, 0.3) is 0 Å². The van der Waals surface area contributed by atoms with Gasteiger partial charge in [0.05, 0.1) is 11.6 Å². The molecule has 0 aliphatic carbocycles. The normalized spacial score (nSPS) is 10.2. The van der Waals surface area contributed by atoms with E-state index in [0.29, 0.717) is 5.56 Å². The number of aryl methyl sites for hydroxylation is 1. The number of alkyl halides is 2. The second-order valence-corrected chi connectivity index (χ2v) is 4.17. The Kier molecular flexibility index (Phi) is 4.16. The van der Waals surface area contributed by atoms with Crippen molar-refractivity contribution in [1.82, 2.24) is 0 Å². The molecule has 0 unspecified atom stereocenters. The fraction of sp³-hybridized carbons (Fsp3) is 0.133.